The Morgan fingerprint density at radius 3 is 2.57 bits per heavy atom. The van der Waals surface area contributed by atoms with E-state index >= 15 is 0 Å². The highest BCUT2D eigenvalue weighted by Crippen LogP contribution is 2.74. The third-order valence-corrected chi connectivity index (χ3v) is 6.13. The number of nitroso groups, excluding NO2 is 1. The molecule has 2 bridgehead atoms. The van der Waals surface area contributed by atoms with E-state index in [1.165, 1.54) is 19.3 Å². The first-order valence-corrected chi connectivity index (χ1v) is 7.91. The van der Waals surface area contributed by atoms with Crippen LogP contribution in [0.25, 0.3) is 0 Å². The fraction of sp³-hybridized carbons (Fsp3) is 0.588. The molecule has 3 saturated carbocycles. The number of anilines is 1. The molecule has 21 heavy (non-hydrogen) atoms. The molecular weight excluding hydrogens is 264 g/mol. The zero-order valence-corrected chi connectivity index (χ0v) is 12.0. The summed E-state index contributed by atoms with van der Waals surface area (Å²) in [5.41, 5.74) is 1.22. The maximum atomic E-state index is 12.8. The lowest BCUT2D eigenvalue weighted by Gasteiger charge is -2.28. The average Bonchev–Trinajstić information content (AvgIpc) is 3.15. The van der Waals surface area contributed by atoms with Crippen LogP contribution in [0.1, 0.15) is 25.7 Å². The summed E-state index contributed by atoms with van der Waals surface area (Å²) in [5, 5.41) is 6.18. The molecular formula is C17H20N2O2. The van der Waals surface area contributed by atoms with Crippen LogP contribution in [0.15, 0.2) is 35.5 Å². The topological polar surface area (TPSA) is 58.5 Å². The Kier molecular flexibility index (Phi) is 2.88. The smallest absolute Gasteiger partial charge is 0.228 e. The van der Waals surface area contributed by atoms with Gasteiger partial charge in [0.15, 0.2) is 0 Å². The van der Waals surface area contributed by atoms with E-state index in [1.807, 2.05) is 30.3 Å². The molecule has 3 fully saturated rings. The van der Waals surface area contributed by atoms with E-state index in [2.05, 4.69) is 10.5 Å². The fourth-order valence-corrected chi connectivity index (χ4v) is 5.27. The predicted molar refractivity (Wildman–Crippen MR) is 80.6 cm³/mol. The van der Waals surface area contributed by atoms with Crippen molar-refractivity contribution in [2.45, 2.75) is 25.7 Å². The van der Waals surface area contributed by atoms with Crippen LogP contribution < -0.4 is 5.32 Å². The van der Waals surface area contributed by atoms with Gasteiger partial charge < -0.3 is 5.32 Å². The maximum absolute atomic E-state index is 12.8. The third kappa shape index (κ3) is 1.84. The molecule has 0 aromatic heterocycles. The minimum absolute atomic E-state index is 0.0239. The van der Waals surface area contributed by atoms with Crippen LogP contribution in [-0.2, 0) is 4.79 Å². The van der Waals surface area contributed by atoms with Gasteiger partial charge >= 0.3 is 0 Å². The van der Waals surface area contributed by atoms with Crippen molar-refractivity contribution in [1.29, 1.82) is 0 Å². The van der Waals surface area contributed by atoms with Gasteiger partial charge in [-0.15, -0.1) is 0 Å². The Morgan fingerprint density at radius 2 is 1.90 bits per heavy atom. The molecule has 0 heterocycles. The van der Waals surface area contributed by atoms with Gasteiger partial charge in [0.1, 0.15) is 0 Å². The van der Waals surface area contributed by atoms with E-state index in [1.54, 1.807) is 0 Å². The maximum Gasteiger partial charge on any atom is 0.228 e. The van der Waals surface area contributed by atoms with Gasteiger partial charge in [0.2, 0.25) is 5.91 Å². The molecule has 3 aliphatic carbocycles. The molecule has 0 aliphatic heterocycles. The average molecular weight is 284 g/mol. The minimum atomic E-state index is -0.0239. The lowest BCUT2D eigenvalue weighted by molar-refractivity contribution is -0.123. The molecule has 1 aromatic carbocycles. The summed E-state index contributed by atoms with van der Waals surface area (Å²) < 4.78 is 0. The number of amides is 1. The number of nitrogens with one attached hydrogen (secondary N) is 1. The molecule has 110 valence electrons. The van der Waals surface area contributed by atoms with Crippen LogP contribution in [0.5, 0.6) is 0 Å². The van der Waals surface area contributed by atoms with Crippen molar-refractivity contribution in [3.8, 4) is 0 Å². The molecule has 4 unspecified atom stereocenters. The molecule has 4 atom stereocenters. The van der Waals surface area contributed by atoms with Crippen LogP contribution in [0, 0.1) is 34.0 Å². The van der Waals surface area contributed by atoms with Crippen molar-refractivity contribution >= 4 is 11.6 Å². The molecule has 4 heteroatoms. The van der Waals surface area contributed by atoms with Crippen molar-refractivity contribution in [3.63, 3.8) is 0 Å². The first kappa shape index (κ1) is 13.0. The lowest BCUT2D eigenvalue weighted by Crippen LogP contribution is -2.35. The van der Waals surface area contributed by atoms with Gasteiger partial charge in [-0.1, -0.05) is 23.4 Å². The highest BCUT2D eigenvalue weighted by atomic mass is 16.3. The van der Waals surface area contributed by atoms with Gasteiger partial charge in [0.25, 0.3) is 0 Å². The van der Waals surface area contributed by atoms with Gasteiger partial charge in [-0.3, -0.25) is 4.79 Å². The standard InChI is InChI=1S/C17H20N2O2/c20-16(19-11-4-2-1-3-5-11)15-12(10-18-21)13-6-7-14(15)17(13)8-9-17/h1-5,12-15H,6-10H2,(H,19,20). The van der Waals surface area contributed by atoms with Crippen LogP contribution in [0.2, 0.25) is 0 Å². The summed E-state index contributed by atoms with van der Waals surface area (Å²) in [5.74, 6) is 1.25. The van der Waals surface area contributed by atoms with Crippen molar-refractivity contribution in [1.82, 2.24) is 0 Å². The van der Waals surface area contributed by atoms with E-state index < -0.39 is 0 Å². The predicted octanol–water partition coefficient (Wildman–Crippen LogP) is 3.44. The normalized spacial score (nSPS) is 34.9. The summed E-state index contributed by atoms with van der Waals surface area (Å²) in [6, 6.07) is 9.59. The van der Waals surface area contributed by atoms with Crippen molar-refractivity contribution < 1.29 is 4.79 Å². The molecule has 4 nitrogen and oxygen atoms in total. The summed E-state index contributed by atoms with van der Waals surface area (Å²) in [4.78, 5) is 23.6. The van der Waals surface area contributed by atoms with E-state index in [9.17, 15) is 9.70 Å². The SMILES string of the molecule is O=NCC1C(C(=O)Nc2ccccc2)C2CCC1C21CC1. The number of rotatable bonds is 4. The minimum Gasteiger partial charge on any atom is -0.326 e. The Morgan fingerprint density at radius 1 is 1.19 bits per heavy atom. The van der Waals surface area contributed by atoms with Gasteiger partial charge in [-0.25, -0.2) is 0 Å². The van der Waals surface area contributed by atoms with Crippen LogP contribution in [0.4, 0.5) is 5.69 Å². The van der Waals surface area contributed by atoms with Crippen LogP contribution in [-0.4, -0.2) is 12.5 Å². The molecule has 1 spiro atoms. The Bertz CT molecular complexity index is 567. The Labute approximate surface area is 124 Å². The second-order valence-electron chi connectivity index (χ2n) is 6.88. The number of carbonyl (C=O) groups is 1. The van der Waals surface area contributed by atoms with E-state index in [-0.39, 0.29) is 17.7 Å². The monoisotopic (exact) mass is 284 g/mol. The Balaban J connectivity index is 1.58. The van der Waals surface area contributed by atoms with E-state index in [0.717, 1.165) is 12.1 Å². The highest BCUT2D eigenvalue weighted by Gasteiger charge is 2.69. The quantitative estimate of drug-likeness (QED) is 0.861. The highest BCUT2D eigenvalue weighted by molar-refractivity contribution is 5.93. The number of hydrogen-bond acceptors (Lipinski definition) is 3. The zero-order valence-electron chi connectivity index (χ0n) is 12.0. The molecule has 1 aromatic rings. The Hall–Kier alpha value is -1.71. The molecule has 1 amide bonds. The van der Waals surface area contributed by atoms with Crippen molar-refractivity contribution in [2.75, 3.05) is 11.9 Å². The fourth-order valence-electron chi connectivity index (χ4n) is 5.27. The molecule has 1 N–H and O–H groups in total. The molecule has 0 saturated heterocycles. The number of carbonyl (C=O) groups excluding carboxylic acids is 1. The summed E-state index contributed by atoms with van der Waals surface area (Å²) >= 11 is 0. The number of nitrogens with zero attached hydrogens (tertiary/aromatic N) is 1. The van der Waals surface area contributed by atoms with Crippen LogP contribution in [0.3, 0.4) is 0 Å². The summed E-state index contributed by atoms with van der Waals surface area (Å²) in [6.45, 7) is 0.301. The van der Waals surface area contributed by atoms with Gasteiger partial charge in [-0.05, 0) is 61.0 Å². The van der Waals surface area contributed by atoms with Gasteiger partial charge in [-0.2, -0.15) is 4.91 Å². The largest absolute Gasteiger partial charge is 0.326 e. The van der Waals surface area contributed by atoms with Gasteiger partial charge in [0, 0.05) is 11.6 Å². The molecule has 3 aliphatic rings. The summed E-state index contributed by atoms with van der Waals surface area (Å²) in [7, 11) is 0. The van der Waals surface area contributed by atoms with E-state index in [4.69, 9.17) is 0 Å². The number of para-hydroxylation sites is 1. The van der Waals surface area contributed by atoms with E-state index in [0.29, 0.717) is 23.8 Å². The van der Waals surface area contributed by atoms with Gasteiger partial charge in [0.05, 0.1) is 6.54 Å². The second kappa shape index (κ2) is 4.65. The van der Waals surface area contributed by atoms with Crippen molar-refractivity contribution in [2.24, 2.45) is 34.3 Å². The molecule has 0 radical (unpaired) electrons. The number of benzene rings is 1. The third-order valence-electron chi connectivity index (χ3n) is 6.13. The first-order valence-electron chi connectivity index (χ1n) is 7.91. The number of hydrogen-bond donors (Lipinski definition) is 1. The van der Waals surface area contributed by atoms with Crippen LogP contribution >= 0.6 is 0 Å². The second-order valence-corrected chi connectivity index (χ2v) is 6.88. The summed E-state index contributed by atoms with van der Waals surface area (Å²) in [6.07, 6.45) is 4.81. The first-order chi connectivity index (χ1) is 10.3. The van der Waals surface area contributed by atoms with Crippen molar-refractivity contribution in [3.05, 3.63) is 35.2 Å². The lowest BCUT2D eigenvalue weighted by atomic mass is 9.78. The zero-order chi connectivity index (χ0) is 14.4. The molecule has 4 rings (SSSR count).